The quantitative estimate of drug-likeness (QED) is 0.245. The minimum absolute atomic E-state index is 0.0881. The number of nitrogens with zero attached hydrogens (tertiary/aromatic N) is 5. The number of aromatic nitrogens is 3. The van der Waals surface area contributed by atoms with Gasteiger partial charge in [0.25, 0.3) is 5.91 Å². The summed E-state index contributed by atoms with van der Waals surface area (Å²) in [7, 11) is 2.18. The van der Waals surface area contributed by atoms with Crippen LogP contribution in [-0.4, -0.2) is 45.9 Å². The predicted octanol–water partition coefficient (Wildman–Crippen LogP) is 6.39. The van der Waals surface area contributed by atoms with Crippen LogP contribution < -0.4 is 10.6 Å². The third kappa shape index (κ3) is 5.05. The summed E-state index contributed by atoms with van der Waals surface area (Å²) in [6.07, 6.45) is 6.35. The standard InChI is InChI=1S/C34H34N6O2S/c1-39-12-10-22(11-13-39)33-38-30-15-24(6-9-31(30)43-33)40(34(41)23-5-8-28(36-16-23)21-3-4-21)17-20-2-7-25-26-18-42-19-27(26)32(35)37-29(25)14-20/h2,5-9,14-16,21-22H,3-4,10-13,17-19H2,1H3,(H2,35,37). The number of piperidine rings is 1. The van der Waals surface area contributed by atoms with E-state index in [1.807, 2.05) is 29.2 Å². The van der Waals surface area contributed by atoms with Crippen molar-refractivity contribution in [1.82, 2.24) is 19.9 Å². The number of benzene rings is 2. The Balaban J connectivity index is 1.15. The lowest BCUT2D eigenvalue weighted by Gasteiger charge is -2.27. The number of carbonyl (C=O) groups is 1. The smallest absolute Gasteiger partial charge is 0.260 e. The van der Waals surface area contributed by atoms with E-state index in [0.29, 0.717) is 43.0 Å². The molecule has 43 heavy (non-hydrogen) atoms. The van der Waals surface area contributed by atoms with Crippen LogP contribution in [0.25, 0.3) is 21.1 Å². The molecule has 5 heterocycles. The average molecular weight is 591 g/mol. The Morgan fingerprint density at radius 1 is 0.977 bits per heavy atom. The van der Waals surface area contributed by atoms with Gasteiger partial charge in [0.05, 0.1) is 46.1 Å². The van der Waals surface area contributed by atoms with Crippen molar-refractivity contribution in [3.05, 3.63) is 87.7 Å². The van der Waals surface area contributed by atoms with Crippen LogP contribution in [0.5, 0.6) is 0 Å². The molecule has 8 nitrogen and oxygen atoms in total. The maximum Gasteiger partial charge on any atom is 0.260 e. The Kier molecular flexibility index (Phi) is 6.62. The number of nitrogens with two attached hydrogens (primary N) is 1. The molecule has 1 saturated heterocycles. The van der Waals surface area contributed by atoms with Gasteiger partial charge in [-0.3, -0.25) is 9.78 Å². The highest BCUT2D eigenvalue weighted by atomic mass is 32.1. The first-order valence-electron chi connectivity index (χ1n) is 15.1. The van der Waals surface area contributed by atoms with Crippen LogP contribution in [0.3, 0.4) is 0 Å². The summed E-state index contributed by atoms with van der Waals surface area (Å²) in [5, 5.41) is 2.25. The molecule has 218 valence electrons. The van der Waals surface area contributed by atoms with Crippen LogP contribution in [-0.2, 0) is 24.5 Å². The normalized spacial score (nSPS) is 17.5. The monoisotopic (exact) mass is 590 g/mol. The molecule has 2 aliphatic heterocycles. The highest BCUT2D eigenvalue weighted by molar-refractivity contribution is 7.18. The molecule has 3 aromatic heterocycles. The molecule has 5 aromatic rings. The molecular weight excluding hydrogens is 556 g/mol. The van der Waals surface area contributed by atoms with Crippen molar-refractivity contribution < 1.29 is 9.53 Å². The fraction of sp³-hybridized carbons (Fsp3) is 0.353. The van der Waals surface area contributed by atoms with Gasteiger partial charge in [-0.2, -0.15) is 0 Å². The summed E-state index contributed by atoms with van der Waals surface area (Å²) in [5.74, 6) is 1.46. The summed E-state index contributed by atoms with van der Waals surface area (Å²) >= 11 is 1.78. The number of hydrogen-bond donors (Lipinski definition) is 1. The molecule has 2 fully saturated rings. The van der Waals surface area contributed by atoms with Crippen molar-refractivity contribution in [2.45, 2.75) is 57.3 Å². The lowest BCUT2D eigenvalue weighted by atomic mass is 9.98. The molecule has 9 heteroatoms. The molecule has 3 aliphatic rings. The lowest BCUT2D eigenvalue weighted by molar-refractivity contribution is 0.0984. The molecule has 0 bridgehead atoms. The van der Waals surface area contributed by atoms with E-state index in [-0.39, 0.29) is 5.91 Å². The van der Waals surface area contributed by atoms with Gasteiger partial charge in [0.2, 0.25) is 0 Å². The fourth-order valence-corrected chi connectivity index (χ4v) is 7.54. The van der Waals surface area contributed by atoms with Crippen LogP contribution >= 0.6 is 11.3 Å². The van der Waals surface area contributed by atoms with E-state index in [9.17, 15) is 4.79 Å². The van der Waals surface area contributed by atoms with Crippen molar-refractivity contribution >= 4 is 49.9 Å². The van der Waals surface area contributed by atoms with E-state index in [4.69, 9.17) is 15.5 Å². The van der Waals surface area contributed by atoms with Gasteiger partial charge in [0, 0.05) is 40.4 Å². The third-order valence-electron chi connectivity index (χ3n) is 9.18. The minimum Gasteiger partial charge on any atom is -0.383 e. The number of carbonyl (C=O) groups excluding carboxylic acids is 1. The Hall–Kier alpha value is -3.92. The van der Waals surface area contributed by atoms with Crippen LogP contribution in [0.4, 0.5) is 11.5 Å². The van der Waals surface area contributed by atoms with Gasteiger partial charge in [-0.25, -0.2) is 9.97 Å². The molecule has 0 unspecified atom stereocenters. The molecule has 1 amide bonds. The average Bonchev–Trinajstić information content (AvgIpc) is 3.59. The molecule has 8 rings (SSSR count). The Morgan fingerprint density at radius 3 is 2.60 bits per heavy atom. The first-order valence-corrected chi connectivity index (χ1v) is 16.0. The van der Waals surface area contributed by atoms with E-state index in [1.165, 1.54) is 17.8 Å². The predicted molar refractivity (Wildman–Crippen MR) is 170 cm³/mol. The third-order valence-corrected chi connectivity index (χ3v) is 10.4. The summed E-state index contributed by atoms with van der Waals surface area (Å²) < 4.78 is 6.81. The molecule has 0 atom stereocenters. The largest absolute Gasteiger partial charge is 0.383 e. The number of rotatable bonds is 6. The summed E-state index contributed by atoms with van der Waals surface area (Å²) in [6.45, 7) is 3.62. The number of fused-ring (bicyclic) bond motifs is 4. The van der Waals surface area contributed by atoms with Gasteiger partial charge in [-0.15, -0.1) is 11.3 Å². The van der Waals surface area contributed by atoms with Gasteiger partial charge in [-0.1, -0.05) is 12.1 Å². The lowest BCUT2D eigenvalue weighted by Crippen LogP contribution is -2.30. The number of ether oxygens (including phenoxy) is 1. The molecule has 1 saturated carbocycles. The maximum absolute atomic E-state index is 14.1. The van der Waals surface area contributed by atoms with Crippen LogP contribution in [0.15, 0.2) is 54.7 Å². The Morgan fingerprint density at radius 2 is 1.81 bits per heavy atom. The second kappa shape index (κ2) is 10.7. The second-order valence-electron chi connectivity index (χ2n) is 12.2. The van der Waals surface area contributed by atoms with E-state index < -0.39 is 0 Å². The van der Waals surface area contributed by atoms with Crippen molar-refractivity contribution in [2.75, 3.05) is 30.8 Å². The van der Waals surface area contributed by atoms with E-state index in [1.54, 1.807) is 17.5 Å². The molecule has 0 radical (unpaired) electrons. The van der Waals surface area contributed by atoms with Crippen molar-refractivity contribution in [2.24, 2.45) is 0 Å². The van der Waals surface area contributed by atoms with E-state index >= 15 is 0 Å². The van der Waals surface area contributed by atoms with Gasteiger partial charge in [0.15, 0.2) is 0 Å². The van der Waals surface area contributed by atoms with Crippen LogP contribution in [0, 0.1) is 0 Å². The first-order chi connectivity index (χ1) is 21.0. The number of amides is 1. The topological polar surface area (TPSA) is 97.5 Å². The van der Waals surface area contributed by atoms with Crippen molar-refractivity contribution in [3.63, 3.8) is 0 Å². The number of likely N-dealkylation sites (tertiary alicyclic amines) is 1. The zero-order valence-electron chi connectivity index (χ0n) is 24.3. The van der Waals surface area contributed by atoms with Gasteiger partial charge >= 0.3 is 0 Å². The zero-order valence-corrected chi connectivity index (χ0v) is 25.1. The molecular formula is C34H34N6O2S. The van der Waals surface area contributed by atoms with E-state index in [2.05, 4.69) is 46.2 Å². The second-order valence-corrected chi connectivity index (χ2v) is 13.3. The van der Waals surface area contributed by atoms with Gasteiger partial charge < -0.3 is 20.3 Å². The molecule has 2 aromatic carbocycles. The molecule has 2 N–H and O–H groups in total. The minimum atomic E-state index is -0.0881. The number of anilines is 2. The first kappa shape index (κ1) is 26.7. The number of thiazole rings is 1. The highest BCUT2D eigenvalue weighted by Gasteiger charge is 2.27. The van der Waals surface area contributed by atoms with Crippen molar-refractivity contribution in [1.29, 1.82) is 0 Å². The Labute approximate surface area is 254 Å². The van der Waals surface area contributed by atoms with Crippen LogP contribution in [0.1, 0.15) is 75.3 Å². The molecule has 1 aliphatic carbocycles. The number of hydrogen-bond acceptors (Lipinski definition) is 8. The van der Waals surface area contributed by atoms with E-state index in [0.717, 1.165) is 75.1 Å². The summed E-state index contributed by atoms with van der Waals surface area (Å²) in [5.41, 5.74) is 13.6. The van der Waals surface area contributed by atoms with Gasteiger partial charge in [0.1, 0.15) is 5.82 Å². The number of pyridine rings is 2. The fourth-order valence-electron chi connectivity index (χ4n) is 6.42. The maximum atomic E-state index is 14.1. The van der Waals surface area contributed by atoms with Gasteiger partial charge in [-0.05, 0) is 93.3 Å². The molecule has 0 spiro atoms. The Bertz CT molecular complexity index is 1860. The SMILES string of the molecule is CN1CCC(c2nc3cc(N(Cc4ccc5c6c(c(N)nc5c4)COC6)C(=O)c4ccc(C5CC5)nc4)ccc3s2)CC1. The number of nitrogen functional groups attached to an aromatic ring is 1. The summed E-state index contributed by atoms with van der Waals surface area (Å²) in [4.78, 5) is 32.8. The van der Waals surface area contributed by atoms with Crippen molar-refractivity contribution in [3.8, 4) is 0 Å². The zero-order chi connectivity index (χ0) is 29.1. The van der Waals surface area contributed by atoms with Crippen LogP contribution in [0.2, 0.25) is 0 Å². The summed E-state index contributed by atoms with van der Waals surface area (Å²) in [6, 6.07) is 16.3. The highest BCUT2D eigenvalue weighted by Crippen LogP contribution is 2.39.